The van der Waals surface area contributed by atoms with Crippen molar-refractivity contribution >= 4 is 11.6 Å². The molecule has 0 saturated heterocycles. The van der Waals surface area contributed by atoms with E-state index < -0.39 is 18.0 Å². The molecule has 16 heavy (non-hydrogen) atoms. The molecule has 1 rings (SSSR count). The zero-order valence-electron chi connectivity index (χ0n) is 8.41. The average molecular weight is 256 g/mol. The van der Waals surface area contributed by atoms with Gasteiger partial charge >= 0.3 is 6.18 Å². The molecule has 0 saturated carbocycles. The lowest BCUT2D eigenvalue weighted by molar-refractivity contribution is -0.157. The number of benzene rings is 1. The molecule has 0 aliphatic rings. The van der Waals surface area contributed by atoms with Crippen LogP contribution < -0.4 is 5.32 Å². The van der Waals surface area contributed by atoms with Gasteiger partial charge in [-0.25, -0.2) is 4.39 Å². The molecule has 1 nitrogen and oxygen atoms in total. The van der Waals surface area contributed by atoms with Gasteiger partial charge in [0.25, 0.3) is 0 Å². The van der Waals surface area contributed by atoms with Crippen LogP contribution in [0, 0.1) is 5.82 Å². The normalized spacial score (nSPS) is 13.9. The molecule has 1 unspecified atom stereocenters. The highest BCUT2D eigenvalue weighted by Crippen LogP contribution is 2.36. The molecule has 0 fully saturated rings. The third-order valence-electron chi connectivity index (χ3n) is 2.00. The predicted octanol–water partition coefficient (Wildman–Crippen LogP) is 3.69. The van der Waals surface area contributed by atoms with Crippen molar-refractivity contribution in [3.05, 3.63) is 34.6 Å². The molecule has 1 atom stereocenters. The second-order valence-electron chi connectivity index (χ2n) is 3.20. The topological polar surface area (TPSA) is 12.0 Å². The maximum Gasteiger partial charge on any atom is 0.407 e. The third kappa shape index (κ3) is 3.09. The zero-order chi connectivity index (χ0) is 12.3. The quantitative estimate of drug-likeness (QED) is 0.812. The largest absolute Gasteiger partial charge is 0.407 e. The number of alkyl halides is 3. The Bertz CT molecular complexity index is 364. The van der Waals surface area contributed by atoms with Gasteiger partial charge in [-0.2, -0.15) is 13.2 Å². The SMILES string of the molecule is CCNC(c1cc(F)ccc1Cl)C(F)(F)F. The Morgan fingerprint density at radius 3 is 2.50 bits per heavy atom. The predicted molar refractivity (Wildman–Crippen MR) is 53.9 cm³/mol. The Hall–Kier alpha value is -0.810. The van der Waals surface area contributed by atoms with Crippen LogP contribution in [0.2, 0.25) is 5.02 Å². The van der Waals surface area contributed by atoms with Crippen molar-refractivity contribution in [2.45, 2.75) is 19.1 Å². The van der Waals surface area contributed by atoms with Gasteiger partial charge in [0.15, 0.2) is 0 Å². The van der Waals surface area contributed by atoms with E-state index >= 15 is 0 Å². The molecule has 1 N–H and O–H groups in total. The number of rotatable bonds is 3. The molecule has 0 radical (unpaired) electrons. The van der Waals surface area contributed by atoms with Crippen LogP contribution in [0.25, 0.3) is 0 Å². The van der Waals surface area contributed by atoms with E-state index in [1.54, 1.807) is 0 Å². The van der Waals surface area contributed by atoms with Gasteiger partial charge < -0.3 is 5.32 Å². The van der Waals surface area contributed by atoms with E-state index in [1.165, 1.54) is 6.92 Å². The second-order valence-corrected chi connectivity index (χ2v) is 3.61. The van der Waals surface area contributed by atoms with Gasteiger partial charge in [0.05, 0.1) is 0 Å². The zero-order valence-corrected chi connectivity index (χ0v) is 9.16. The maximum absolute atomic E-state index is 12.9. The van der Waals surface area contributed by atoms with Gasteiger partial charge in [-0.1, -0.05) is 18.5 Å². The van der Waals surface area contributed by atoms with Crippen molar-refractivity contribution in [3.8, 4) is 0 Å². The summed E-state index contributed by atoms with van der Waals surface area (Å²) in [4.78, 5) is 0. The van der Waals surface area contributed by atoms with E-state index in [0.717, 1.165) is 18.2 Å². The van der Waals surface area contributed by atoms with Crippen molar-refractivity contribution in [2.75, 3.05) is 6.54 Å². The Balaban J connectivity index is 3.15. The van der Waals surface area contributed by atoms with E-state index in [9.17, 15) is 17.6 Å². The second kappa shape index (κ2) is 5.01. The molecule has 0 heterocycles. The van der Waals surface area contributed by atoms with Crippen LogP contribution in [0.3, 0.4) is 0 Å². The lowest BCUT2D eigenvalue weighted by Gasteiger charge is -2.22. The van der Waals surface area contributed by atoms with Gasteiger partial charge in [-0.15, -0.1) is 0 Å². The minimum atomic E-state index is -4.51. The van der Waals surface area contributed by atoms with Crippen molar-refractivity contribution < 1.29 is 17.6 Å². The summed E-state index contributed by atoms with van der Waals surface area (Å²) in [5.74, 6) is -0.744. The fourth-order valence-electron chi connectivity index (χ4n) is 1.34. The minimum Gasteiger partial charge on any atom is -0.303 e. The van der Waals surface area contributed by atoms with Crippen LogP contribution in [-0.2, 0) is 0 Å². The molecule has 0 bridgehead atoms. The van der Waals surface area contributed by atoms with Crippen molar-refractivity contribution in [3.63, 3.8) is 0 Å². The first-order valence-electron chi connectivity index (χ1n) is 4.61. The van der Waals surface area contributed by atoms with Crippen LogP contribution in [0.4, 0.5) is 17.6 Å². The van der Waals surface area contributed by atoms with Gasteiger partial charge in [-0.05, 0) is 30.3 Å². The Labute approximate surface area is 95.4 Å². The van der Waals surface area contributed by atoms with Crippen LogP contribution in [-0.4, -0.2) is 12.7 Å². The van der Waals surface area contributed by atoms with Crippen LogP contribution in [0.1, 0.15) is 18.5 Å². The maximum atomic E-state index is 12.9. The van der Waals surface area contributed by atoms with Crippen LogP contribution in [0.5, 0.6) is 0 Å². The highest BCUT2D eigenvalue weighted by molar-refractivity contribution is 6.31. The Kier molecular flexibility index (Phi) is 4.15. The van der Waals surface area contributed by atoms with E-state index in [1.807, 2.05) is 0 Å². The van der Waals surface area contributed by atoms with Crippen molar-refractivity contribution in [1.29, 1.82) is 0 Å². The summed E-state index contributed by atoms with van der Waals surface area (Å²) in [7, 11) is 0. The van der Waals surface area contributed by atoms with Crippen LogP contribution >= 0.6 is 11.6 Å². The molecular weight excluding hydrogens is 246 g/mol. The lowest BCUT2D eigenvalue weighted by Crippen LogP contribution is -2.34. The number of hydrogen-bond acceptors (Lipinski definition) is 1. The lowest BCUT2D eigenvalue weighted by atomic mass is 10.1. The summed E-state index contributed by atoms with van der Waals surface area (Å²) >= 11 is 5.63. The molecule has 90 valence electrons. The fourth-order valence-corrected chi connectivity index (χ4v) is 1.57. The minimum absolute atomic E-state index is 0.107. The standard InChI is InChI=1S/C10H10ClF4N/c1-2-16-9(10(13,14)15)7-5-6(12)3-4-8(7)11/h3-5,9,16H,2H2,1H3. The number of nitrogens with one attached hydrogen (secondary N) is 1. The third-order valence-corrected chi connectivity index (χ3v) is 2.35. The summed E-state index contributed by atoms with van der Waals surface area (Å²) < 4.78 is 50.9. The molecule has 1 aromatic rings. The van der Waals surface area contributed by atoms with Gasteiger partial charge in [0.2, 0.25) is 0 Å². The molecule has 0 amide bonds. The van der Waals surface area contributed by atoms with Crippen molar-refractivity contribution in [1.82, 2.24) is 5.32 Å². The van der Waals surface area contributed by atoms with Crippen molar-refractivity contribution in [2.24, 2.45) is 0 Å². The monoisotopic (exact) mass is 255 g/mol. The molecule has 0 aliphatic carbocycles. The molecular formula is C10H10ClF4N. The number of hydrogen-bond donors (Lipinski definition) is 1. The molecule has 1 aromatic carbocycles. The molecule has 6 heteroatoms. The van der Waals surface area contributed by atoms with E-state index in [2.05, 4.69) is 5.32 Å². The van der Waals surface area contributed by atoms with Crippen LogP contribution in [0.15, 0.2) is 18.2 Å². The van der Waals surface area contributed by atoms with E-state index in [-0.39, 0.29) is 17.1 Å². The fraction of sp³-hybridized carbons (Fsp3) is 0.400. The van der Waals surface area contributed by atoms with E-state index in [4.69, 9.17) is 11.6 Å². The summed E-state index contributed by atoms with van der Waals surface area (Å²) in [5, 5.41) is 2.12. The smallest absolute Gasteiger partial charge is 0.303 e. The highest BCUT2D eigenvalue weighted by Gasteiger charge is 2.41. The first kappa shape index (κ1) is 13.3. The van der Waals surface area contributed by atoms with Gasteiger partial charge in [0, 0.05) is 5.02 Å². The first-order chi connectivity index (χ1) is 7.36. The summed E-state index contributed by atoms with van der Waals surface area (Å²) in [6, 6.07) is 0.983. The summed E-state index contributed by atoms with van der Waals surface area (Å²) in [5.41, 5.74) is -0.295. The Morgan fingerprint density at radius 1 is 1.38 bits per heavy atom. The average Bonchev–Trinajstić information content (AvgIpc) is 2.17. The Morgan fingerprint density at radius 2 is 2.00 bits per heavy atom. The molecule has 0 aromatic heterocycles. The number of halogens is 5. The van der Waals surface area contributed by atoms with Gasteiger partial charge in [-0.3, -0.25) is 0 Å². The molecule has 0 aliphatic heterocycles. The van der Waals surface area contributed by atoms with E-state index in [0.29, 0.717) is 0 Å². The summed E-state index contributed by atoms with van der Waals surface area (Å²) in [6.45, 7) is 1.64. The summed E-state index contributed by atoms with van der Waals surface area (Å²) in [6.07, 6.45) is -4.51. The molecule has 0 spiro atoms. The first-order valence-corrected chi connectivity index (χ1v) is 4.99. The van der Waals surface area contributed by atoms with Gasteiger partial charge in [0.1, 0.15) is 11.9 Å². The highest BCUT2D eigenvalue weighted by atomic mass is 35.5.